The summed E-state index contributed by atoms with van der Waals surface area (Å²) in [5, 5.41) is 8.72. The molecule has 0 bridgehead atoms. The summed E-state index contributed by atoms with van der Waals surface area (Å²) in [7, 11) is 0. The van der Waals surface area contributed by atoms with Gasteiger partial charge in [-0.3, -0.25) is 0 Å². The fraction of sp³-hybridized carbons (Fsp3) is 0.353. The van der Waals surface area contributed by atoms with Crippen LogP contribution in [0.1, 0.15) is 32.3 Å². The van der Waals surface area contributed by atoms with Gasteiger partial charge in [-0.25, -0.2) is 4.79 Å². The van der Waals surface area contributed by atoms with Crippen molar-refractivity contribution in [1.82, 2.24) is 0 Å². The van der Waals surface area contributed by atoms with Crippen LogP contribution in [-0.2, 0) is 4.79 Å². The first-order chi connectivity index (χ1) is 10.0. The molecule has 1 aromatic rings. The molecule has 0 saturated heterocycles. The molecule has 0 radical (unpaired) electrons. The fourth-order valence-electron chi connectivity index (χ4n) is 1.58. The zero-order valence-electron chi connectivity index (χ0n) is 12.6. The SMILES string of the molecule is C=C(C)CCOc1cc(OCCC)ccc1/C=C/C(=O)O. The largest absolute Gasteiger partial charge is 0.493 e. The van der Waals surface area contributed by atoms with Crippen LogP contribution in [0, 0.1) is 0 Å². The van der Waals surface area contributed by atoms with E-state index in [0.717, 1.165) is 30.2 Å². The summed E-state index contributed by atoms with van der Waals surface area (Å²) in [4.78, 5) is 10.6. The molecule has 0 atom stereocenters. The lowest BCUT2D eigenvalue weighted by atomic mass is 10.1. The first-order valence-corrected chi connectivity index (χ1v) is 6.98. The Morgan fingerprint density at radius 1 is 1.33 bits per heavy atom. The van der Waals surface area contributed by atoms with Gasteiger partial charge in [0.1, 0.15) is 11.5 Å². The van der Waals surface area contributed by atoms with Gasteiger partial charge in [-0.2, -0.15) is 0 Å². The van der Waals surface area contributed by atoms with E-state index < -0.39 is 5.97 Å². The fourth-order valence-corrected chi connectivity index (χ4v) is 1.58. The maximum Gasteiger partial charge on any atom is 0.328 e. The molecule has 0 aliphatic heterocycles. The minimum absolute atomic E-state index is 0.500. The molecule has 0 aliphatic rings. The smallest absolute Gasteiger partial charge is 0.328 e. The number of benzene rings is 1. The molecule has 21 heavy (non-hydrogen) atoms. The third-order valence-corrected chi connectivity index (χ3v) is 2.65. The van der Waals surface area contributed by atoms with Gasteiger partial charge in [-0.1, -0.05) is 12.5 Å². The van der Waals surface area contributed by atoms with E-state index in [1.54, 1.807) is 12.1 Å². The van der Waals surface area contributed by atoms with Crippen molar-refractivity contribution in [2.75, 3.05) is 13.2 Å². The van der Waals surface area contributed by atoms with Crippen LogP contribution in [0.2, 0.25) is 0 Å². The average molecular weight is 290 g/mol. The first kappa shape index (κ1) is 16.8. The molecule has 0 amide bonds. The molecule has 1 N–H and O–H groups in total. The van der Waals surface area contributed by atoms with Crippen LogP contribution in [0.3, 0.4) is 0 Å². The summed E-state index contributed by atoms with van der Waals surface area (Å²) in [6.45, 7) is 8.94. The standard InChI is InChI=1S/C17H22O4/c1-4-10-20-15-7-5-14(6-8-17(18)19)16(12-15)21-11-9-13(2)3/h5-8,12H,2,4,9-11H2,1,3H3,(H,18,19)/b8-6+. The second-order valence-electron chi connectivity index (χ2n) is 4.78. The van der Waals surface area contributed by atoms with Crippen molar-refractivity contribution in [3.05, 3.63) is 42.0 Å². The van der Waals surface area contributed by atoms with Gasteiger partial charge in [0.2, 0.25) is 0 Å². The molecule has 0 unspecified atom stereocenters. The Bertz CT molecular complexity index is 518. The van der Waals surface area contributed by atoms with Crippen molar-refractivity contribution in [2.45, 2.75) is 26.7 Å². The van der Waals surface area contributed by atoms with E-state index in [4.69, 9.17) is 14.6 Å². The van der Waals surface area contributed by atoms with Gasteiger partial charge < -0.3 is 14.6 Å². The highest BCUT2D eigenvalue weighted by molar-refractivity contribution is 5.86. The molecule has 0 fully saturated rings. The number of rotatable bonds is 9. The van der Waals surface area contributed by atoms with Crippen molar-refractivity contribution in [3.8, 4) is 11.5 Å². The van der Waals surface area contributed by atoms with E-state index in [2.05, 4.69) is 6.58 Å². The summed E-state index contributed by atoms with van der Waals surface area (Å²) >= 11 is 0. The van der Waals surface area contributed by atoms with Gasteiger partial charge in [-0.15, -0.1) is 6.58 Å². The lowest BCUT2D eigenvalue weighted by Gasteiger charge is -2.12. The van der Waals surface area contributed by atoms with Gasteiger partial charge in [0.05, 0.1) is 13.2 Å². The monoisotopic (exact) mass is 290 g/mol. The minimum atomic E-state index is -0.991. The highest BCUT2D eigenvalue weighted by atomic mass is 16.5. The highest BCUT2D eigenvalue weighted by Gasteiger charge is 2.05. The van der Waals surface area contributed by atoms with Crippen LogP contribution in [0.15, 0.2) is 36.4 Å². The second-order valence-corrected chi connectivity index (χ2v) is 4.78. The Morgan fingerprint density at radius 3 is 2.71 bits per heavy atom. The zero-order chi connectivity index (χ0) is 15.7. The average Bonchev–Trinajstić information content (AvgIpc) is 2.43. The molecule has 0 spiro atoms. The normalized spacial score (nSPS) is 10.6. The molecular formula is C17H22O4. The Balaban J connectivity index is 2.88. The topological polar surface area (TPSA) is 55.8 Å². The van der Waals surface area contributed by atoms with Gasteiger partial charge in [-0.05, 0) is 31.6 Å². The Hall–Kier alpha value is -2.23. The molecule has 1 aromatic carbocycles. The van der Waals surface area contributed by atoms with Crippen LogP contribution in [0.4, 0.5) is 0 Å². The van der Waals surface area contributed by atoms with Crippen molar-refractivity contribution in [1.29, 1.82) is 0 Å². The van der Waals surface area contributed by atoms with Crippen LogP contribution < -0.4 is 9.47 Å². The van der Waals surface area contributed by atoms with E-state index in [1.807, 2.05) is 19.9 Å². The Morgan fingerprint density at radius 2 is 2.10 bits per heavy atom. The summed E-state index contributed by atoms with van der Waals surface area (Å²) in [6.07, 6.45) is 4.28. The predicted molar refractivity (Wildman–Crippen MR) is 83.8 cm³/mol. The zero-order valence-corrected chi connectivity index (χ0v) is 12.6. The van der Waals surface area contributed by atoms with Gasteiger partial charge >= 0.3 is 5.97 Å². The van der Waals surface area contributed by atoms with Gasteiger partial charge in [0, 0.05) is 24.1 Å². The number of aliphatic carboxylic acids is 1. The molecule has 0 heterocycles. The summed E-state index contributed by atoms with van der Waals surface area (Å²) in [5.41, 5.74) is 1.75. The molecule has 1 rings (SSSR count). The van der Waals surface area contributed by atoms with Crippen LogP contribution >= 0.6 is 0 Å². The van der Waals surface area contributed by atoms with Crippen molar-refractivity contribution in [3.63, 3.8) is 0 Å². The highest BCUT2D eigenvalue weighted by Crippen LogP contribution is 2.26. The third-order valence-electron chi connectivity index (χ3n) is 2.65. The van der Waals surface area contributed by atoms with Crippen molar-refractivity contribution < 1.29 is 19.4 Å². The van der Waals surface area contributed by atoms with E-state index in [1.165, 1.54) is 6.08 Å². The van der Waals surface area contributed by atoms with E-state index in [0.29, 0.717) is 24.5 Å². The van der Waals surface area contributed by atoms with E-state index in [9.17, 15) is 4.79 Å². The van der Waals surface area contributed by atoms with Gasteiger partial charge in [0.25, 0.3) is 0 Å². The molecular weight excluding hydrogens is 268 g/mol. The number of carbonyl (C=O) groups is 1. The van der Waals surface area contributed by atoms with Gasteiger partial charge in [0.15, 0.2) is 0 Å². The minimum Gasteiger partial charge on any atom is -0.493 e. The van der Waals surface area contributed by atoms with E-state index >= 15 is 0 Å². The summed E-state index contributed by atoms with van der Waals surface area (Å²) in [5.74, 6) is 0.339. The summed E-state index contributed by atoms with van der Waals surface area (Å²) < 4.78 is 11.3. The molecule has 4 nitrogen and oxygen atoms in total. The first-order valence-electron chi connectivity index (χ1n) is 6.98. The molecule has 0 saturated carbocycles. The number of ether oxygens (including phenoxy) is 2. The Labute approximate surface area is 125 Å². The van der Waals surface area contributed by atoms with Crippen molar-refractivity contribution >= 4 is 12.0 Å². The molecule has 114 valence electrons. The maximum atomic E-state index is 10.6. The maximum absolute atomic E-state index is 10.6. The Kier molecular flexibility index (Phi) is 7.09. The van der Waals surface area contributed by atoms with Crippen LogP contribution in [-0.4, -0.2) is 24.3 Å². The molecule has 0 aliphatic carbocycles. The second kappa shape index (κ2) is 8.84. The summed E-state index contributed by atoms with van der Waals surface area (Å²) in [6, 6.07) is 5.39. The van der Waals surface area contributed by atoms with Crippen molar-refractivity contribution in [2.24, 2.45) is 0 Å². The lowest BCUT2D eigenvalue weighted by Crippen LogP contribution is -2.01. The molecule has 0 aromatic heterocycles. The number of carboxylic acids is 1. The lowest BCUT2D eigenvalue weighted by molar-refractivity contribution is -0.131. The molecule has 4 heteroatoms. The quantitative estimate of drug-likeness (QED) is 0.553. The van der Waals surface area contributed by atoms with Crippen LogP contribution in [0.25, 0.3) is 6.08 Å². The number of hydrogen-bond donors (Lipinski definition) is 1. The predicted octanol–water partition coefficient (Wildman–Crippen LogP) is 3.92. The number of carboxylic acid groups (broad SMARTS) is 1. The third kappa shape index (κ3) is 6.65. The van der Waals surface area contributed by atoms with E-state index in [-0.39, 0.29) is 0 Å². The van der Waals surface area contributed by atoms with Crippen LogP contribution in [0.5, 0.6) is 11.5 Å². The number of hydrogen-bond acceptors (Lipinski definition) is 3.